The average Bonchev–Trinajstić information content (AvgIpc) is 3.21. The highest BCUT2D eigenvalue weighted by Gasteiger charge is 2.27. The van der Waals surface area contributed by atoms with Gasteiger partial charge in [-0.3, -0.25) is 4.79 Å². The van der Waals surface area contributed by atoms with Crippen molar-refractivity contribution in [3.63, 3.8) is 0 Å². The molecule has 0 N–H and O–H groups in total. The summed E-state index contributed by atoms with van der Waals surface area (Å²) in [7, 11) is 1.61. The van der Waals surface area contributed by atoms with Crippen LogP contribution in [0.15, 0.2) is 42.5 Å². The second-order valence-electron chi connectivity index (χ2n) is 8.16. The van der Waals surface area contributed by atoms with E-state index in [2.05, 4.69) is 32.0 Å². The predicted molar refractivity (Wildman–Crippen MR) is 121 cm³/mol. The number of amides is 1. The van der Waals surface area contributed by atoms with Crippen LogP contribution in [-0.2, 0) is 0 Å². The number of hydrogen-bond donors (Lipinski definition) is 0. The van der Waals surface area contributed by atoms with E-state index < -0.39 is 0 Å². The van der Waals surface area contributed by atoms with Crippen LogP contribution in [0.5, 0.6) is 11.5 Å². The monoisotopic (exact) mass is 424 g/mol. The zero-order valence-corrected chi connectivity index (χ0v) is 18.6. The molecule has 1 amide bonds. The molecule has 158 valence electrons. The molecule has 0 atom stereocenters. The maximum absolute atomic E-state index is 13.0. The topological polar surface area (TPSA) is 51.7 Å². The van der Waals surface area contributed by atoms with Gasteiger partial charge in [0.1, 0.15) is 0 Å². The van der Waals surface area contributed by atoms with E-state index >= 15 is 0 Å². The van der Waals surface area contributed by atoms with Gasteiger partial charge in [-0.1, -0.05) is 26.0 Å². The Balaban J connectivity index is 1.41. The van der Waals surface area contributed by atoms with E-state index in [0.29, 0.717) is 35.5 Å². The number of carbonyl (C=O) groups excluding carboxylic acids is 1. The minimum atomic E-state index is 0.0476. The van der Waals surface area contributed by atoms with Crippen LogP contribution in [0.25, 0.3) is 10.2 Å². The van der Waals surface area contributed by atoms with Crippen molar-refractivity contribution in [3.05, 3.63) is 53.0 Å². The van der Waals surface area contributed by atoms with E-state index in [9.17, 15) is 4.79 Å². The molecular weight excluding hydrogens is 396 g/mol. The summed E-state index contributed by atoms with van der Waals surface area (Å²) < 4.78 is 12.5. The highest BCUT2D eigenvalue weighted by Crippen LogP contribution is 2.35. The number of piperidine rings is 1. The molecular formula is C24H28N2O3S. The van der Waals surface area contributed by atoms with E-state index in [4.69, 9.17) is 14.5 Å². The molecule has 1 aliphatic heterocycles. The number of para-hydroxylation sites is 1. The summed E-state index contributed by atoms with van der Waals surface area (Å²) in [6.45, 7) is 6.30. The van der Waals surface area contributed by atoms with Gasteiger partial charge in [0.25, 0.3) is 5.91 Å². The molecule has 1 aromatic heterocycles. The van der Waals surface area contributed by atoms with E-state index in [0.717, 1.165) is 31.4 Å². The van der Waals surface area contributed by atoms with Crippen LogP contribution in [0.4, 0.5) is 0 Å². The highest BCUT2D eigenvalue weighted by molar-refractivity contribution is 7.18. The smallest absolute Gasteiger partial charge is 0.253 e. The normalized spacial score (nSPS) is 15.0. The minimum Gasteiger partial charge on any atom is -0.493 e. The second kappa shape index (κ2) is 9.04. The molecule has 1 saturated heterocycles. The largest absolute Gasteiger partial charge is 0.493 e. The van der Waals surface area contributed by atoms with Gasteiger partial charge < -0.3 is 14.4 Å². The summed E-state index contributed by atoms with van der Waals surface area (Å²) in [5, 5.41) is 1.19. The molecule has 30 heavy (non-hydrogen) atoms. The van der Waals surface area contributed by atoms with Gasteiger partial charge in [0.2, 0.25) is 0 Å². The summed E-state index contributed by atoms with van der Waals surface area (Å²) >= 11 is 1.78. The summed E-state index contributed by atoms with van der Waals surface area (Å²) in [5.41, 5.74) is 1.71. The minimum absolute atomic E-state index is 0.0476. The predicted octanol–water partition coefficient (Wildman–Crippen LogP) is 5.36. The first kappa shape index (κ1) is 20.7. The fourth-order valence-electron chi connectivity index (χ4n) is 3.75. The number of thiazole rings is 1. The lowest BCUT2D eigenvalue weighted by Crippen LogP contribution is -2.37. The first-order valence-electron chi connectivity index (χ1n) is 10.5. The Morgan fingerprint density at radius 2 is 1.93 bits per heavy atom. The van der Waals surface area contributed by atoms with Gasteiger partial charge in [-0.2, -0.15) is 0 Å². The fraction of sp³-hybridized carbons (Fsp3) is 0.417. The molecule has 2 heterocycles. The third-order valence-corrected chi connectivity index (χ3v) is 6.62. The molecule has 0 saturated carbocycles. The van der Waals surface area contributed by atoms with Crippen molar-refractivity contribution in [2.24, 2.45) is 5.92 Å². The van der Waals surface area contributed by atoms with Gasteiger partial charge in [-0.15, -0.1) is 11.3 Å². The number of carbonyl (C=O) groups is 1. The number of rotatable bonds is 6. The van der Waals surface area contributed by atoms with Gasteiger partial charge in [-0.05, 0) is 49.1 Å². The first-order valence-corrected chi connectivity index (χ1v) is 11.3. The Labute approximate surface area is 181 Å². The number of likely N-dealkylation sites (tertiary alicyclic amines) is 1. The van der Waals surface area contributed by atoms with Crippen LogP contribution in [0.1, 0.15) is 48.0 Å². The fourth-order valence-corrected chi connectivity index (χ4v) is 4.89. The zero-order chi connectivity index (χ0) is 21.1. The van der Waals surface area contributed by atoms with Crippen molar-refractivity contribution in [1.29, 1.82) is 0 Å². The Morgan fingerprint density at radius 3 is 2.63 bits per heavy atom. The number of benzene rings is 2. The van der Waals surface area contributed by atoms with E-state index in [1.165, 1.54) is 9.71 Å². The lowest BCUT2D eigenvalue weighted by atomic mass is 9.97. The van der Waals surface area contributed by atoms with Crippen molar-refractivity contribution >= 4 is 27.5 Å². The van der Waals surface area contributed by atoms with Crippen LogP contribution in [0.3, 0.4) is 0 Å². The number of ether oxygens (including phenoxy) is 2. The summed E-state index contributed by atoms with van der Waals surface area (Å²) in [6.07, 6.45) is 1.89. The van der Waals surface area contributed by atoms with Crippen molar-refractivity contribution < 1.29 is 14.3 Å². The molecule has 3 aromatic rings. The van der Waals surface area contributed by atoms with Gasteiger partial charge in [-0.25, -0.2) is 4.98 Å². The van der Waals surface area contributed by atoms with Gasteiger partial charge >= 0.3 is 0 Å². The number of aromatic nitrogens is 1. The standard InChI is InChI=1S/C24H28N2O3S/c1-16(2)15-29-20-9-8-18(14-21(20)28-3)24(27)26-12-10-17(11-13-26)23-25-19-6-4-5-7-22(19)30-23/h4-9,14,16-17H,10-13,15H2,1-3H3. The van der Waals surface area contributed by atoms with Gasteiger partial charge in [0, 0.05) is 24.6 Å². The van der Waals surface area contributed by atoms with E-state index in [1.807, 2.05) is 23.1 Å². The molecule has 1 fully saturated rings. The van der Waals surface area contributed by atoms with Crippen molar-refractivity contribution in [2.75, 3.05) is 26.8 Å². The van der Waals surface area contributed by atoms with Crippen LogP contribution in [-0.4, -0.2) is 42.6 Å². The Morgan fingerprint density at radius 1 is 1.17 bits per heavy atom. The Hall–Kier alpha value is -2.60. The second-order valence-corrected chi connectivity index (χ2v) is 9.22. The van der Waals surface area contributed by atoms with Crippen LogP contribution >= 0.6 is 11.3 Å². The van der Waals surface area contributed by atoms with Crippen molar-refractivity contribution in [2.45, 2.75) is 32.6 Å². The van der Waals surface area contributed by atoms with E-state index in [-0.39, 0.29) is 5.91 Å². The Kier molecular flexibility index (Phi) is 6.23. The maximum atomic E-state index is 13.0. The third kappa shape index (κ3) is 4.43. The highest BCUT2D eigenvalue weighted by atomic mass is 32.1. The summed E-state index contributed by atoms with van der Waals surface area (Å²) in [4.78, 5) is 19.8. The molecule has 0 aliphatic carbocycles. The number of hydrogen-bond acceptors (Lipinski definition) is 5. The van der Waals surface area contributed by atoms with Crippen LogP contribution in [0.2, 0.25) is 0 Å². The third-order valence-electron chi connectivity index (χ3n) is 5.42. The summed E-state index contributed by atoms with van der Waals surface area (Å²) in [6, 6.07) is 13.7. The maximum Gasteiger partial charge on any atom is 0.253 e. The summed E-state index contributed by atoms with van der Waals surface area (Å²) in [5.74, 6) is 2.18. The molecule has 6 heteroatoms. The number of fused-ring (bicyclic) bond motifs is 1. The quantitative estimate of drug-likeness (QED) is 0.535. The first-order chi connectivity index (χ1) is 14.5. The lowest BCUT2D eigenvalue weighted by molar-refractivity contribution is 0.0712. The number of methoxy groups -OCH3 is 1. The van der Waals surface area contributed by atoms with Gasteiger partial charge in [0.05, 0.1) is 28.9 Å². The molecule has 4 rings (SSSR count). The lowest BCUT2D eigenvalue weighted by Gasteiger charge is -2.31. The van der Waals surface area contributed by atoms with Crippen molar-refractivity contribution in [1.82, 2.24) is 9.88 Å². The average molecular weight is 425 g/mol. The van der Waals surface area contributed by atoms with E-state index in [1.54, 1.807) is 24.5 Å². The van der Waals surface area contributed by atoms with Gasteiger partial charge in [0.15, 0.2) is 11.5 Å². The SMILES string of the molecule is COc1cc(C(=O)N2CCC(c3nc4ccccc4s3)CC2)ccc1OCC(C)C. The molecule has 0 radical (unpaired) electrons. The van der Waals surface area contributed by atoms with Crippen LogP contribution < -0.4 is 9.47 Å². The molecule has 1 aliphatic rings. The van der Waals surface area contributed by atoms with Crippen LogP contribution in [0, 0.1) is 5.92 Å². The Bertz CT molecular complexity index is 989. The molecule has 0 unspecified atom stereocenters. The zero-order valence-electron chi connectivity index (χ0n) is 17.8. The molecule has 2 aromatic carbocycles. The molecule has 0 bridgehead atoms. The molecule has 0 spiro atoms. The van der Waals surface area contributed by atoms with Crippen molar-refractivity contribution in [3.8, 4) is 11.5 Å². The number of nitrogens with zero attached hydrogens (tertiary/aromatic N) is 2. The molecule has 5 nitrogen and oxygen atoms in total.